The molecule has 1 aromatic rings. The third-order valence-electron chi connectivity index (χ3n) is 7.83. The van der Waals surface area contributed by atoms with Crippen LogP contribution in [-0.4, -0.2) is 19.5 Å². The summed E-state index contributed by atoms with van der Waals surface area (Å²) in [7, 11) is 0. The van der Waals surface area contributed by atoms with Crippen LogP contribution in [0.4, 0.5) is 0 Å². The van der Waals surface area contributed by atoms with E-state index in [1.165, 1.54) is 131 Å². The van der Waals surface area contributed by atoms with Crippen molar-refractivity contribution in [2.45, 2.75) is 156 Å². The second-order valence-corrected chi connectivity index (χ2v) is 13.4. The van der Waals surface area contributed by atoms with Crippen molar-refractivity contribution in [3.8, 4) is 0 Å². The van der Waals surface area contributed by atoms with Crippen LogP contribution < -0.4 is 5.30 Å². The molecule has 2 nitrogen and oxygen atoms in total. The quantitative estimate of drug-likeness (QED) is 0.0342. The van der Waals surface area contributed by atoms with Crippen LogP contribution in [0.25, 0.3) is 0 Å². The van der Waals surface area contributed by atoms with Gasteiger partial charge in [0.25, 0.3) is 0 Å². The summed E-state index contributed by atoms with van der Waals surface area (Å²) in [5, 5.41) is 1.54. The molecule has 0 bridgehead atoms. The van der Waals surface area contributed by atoms with Gasteiger partial charge in [-0.3, -0.25) is 0 Å². The molecule has 0 saturated heterocycles. The van der Waals surface area contributed by atoms with Crippen molar-refractivity contribution < 1.29 is 9.47 Å². The summed E-state index contributed by atoms with van der Waals surface area (Å²) in [6.45, 7) is 13.1. The molecule has 0 fully saturated rings. The van der Waals surface area contributed by atoms with E-state index in [2.05, 4.69) is 74.9 Å². The molecule has 38 heavy (non-hydrogen) atoms. The van der Waals surface area contributed by atoms with Crippen LogP contribution >= 0.6 is 28.3 Å². The number of aryl methyl sites for hydroxylation is 1. The molecule has 0 aliphatic rings. The van der Waals surface area contributed by atoms with Gasteiger partial charge in [-0.25, -0.2) is 0 Å². The lowest BCUT2D eigenvalue weighted by Gasteiger charge is -2.19. The minimum atomic E-state index is 0.00464. The Labute approximate surface area is 252 Å². The first-order valence-corrected chi connectivity index (χ1v) is 20.0. The second-order valence-electron chi connectivity index (χ2n) is 11.1. The molecule has 0 aliphatic heterocycles. The van der Waals surface area contributed by atoms with Gasteiger partial charge >= 0.3 is 0 Å². The Morgan fingerprint density at radius 1 is 0.684 bits per heavy atom. The summed E-state index contributed by atoms with van der Waals surface area (Å²) in [6, 6.07) is 2.46. The van der Waals surface area contributed by atoms with Crippen LogP contribution in [0.2, 0.25) is 0 Å². The van der Waals surface area contributed by atoms with E-state index >= 15 is 0 Å². The van der Waals surface area contributed by atoms with Gasteiger partial charge < -0.3 is 9.47 Å². The number of allylic oxidation sites excluding steroid dienone is 2. The van der Waals surface area contributed by atoms with Gasteiger partial charge in [0.15, 0.2) is 6.29 Å². The van der Waals surface area contributed by atoms with Crippen molar-refractivity contribution >= 4 is 33.6 Å². The summed E-state index contributed by atoms with van der Waals surface area (Å²) in [6.07, 6.45) is 28.2. The van der Waals surface area contributed by atoms with E-state index in [4.69, 9.17) is 9.47 Å². The molecule has 0 aliphatic carbocycles. The van der Waals surface area contributed by atoms with Gasteiger partial charge in [-0.15, -0.1) is 0 Å². The number of ether oxygens (including phenoxy) is 2. The fourth-order valence-corrected chi connectivity index (χ4v) is 7.16. The number of benzene rings is 1. The zero-order chi connectivity index (χ0) is 27.8. The van der Waals surface area contributed by atoms with Crippen molar-refractivity contribution in [1.82, 2.24) is 0 Å². The van der Waals surface area contributed by atoms with Gasteiger partial charge in [0.05, 0.1) is 0 Å². The minimum absolute atomic E-state index is 0.00464. The van der Waals surface area contributed by atoms with Crippen molar-refractivity contribution in [3.63, 3.8) is 0 Å². The Balaban J connectivity index is 2.22. The summed E-state index contributed by atoms with van der Waals surface area (Å²) in [5.74, 6) is 0. The Morgan fingerprint density at radius 3 is 1.82 bits per heavy atom. The normalized spacial score (nSPS) is 12.2. The fraction of sp³-hybridized carbons (Fsp3) is 0.765. The zero-order valence-electron chi connectivity index (χ0n) is 25.6. The molecule has 0 heterocycles. The molecule has 0 saturated carbocycles. The lowest BCUT2D eigenvalue weighted by atomic mass is 9.95. The highest BCUT2D eigenvalue weighted by Crippen LogP contribution is 2.27. The first kappa shape index (κ1) is 36.1. The van der Waals surface area contributed by atoms with Crippen molar-refractivity contribution in [2.75, 3.05) is 13.2 Å². The number of unbranched alkanes of at least 4 members (excludes halogenated alkanes) is 12. The smallest absolute Gasteiger partial charge is 0.157 e. The first-order valence-electron chi connectivity index (χ1n) is 15.9. The van der Waals surface area contributed by atoms with Crippen LogP contribution in [0.5, 0.6) is 0 Å². The summed E-state index contributed by atoms with van der Waals surface area (Å²) in [4.78, 5) is 0. The van der Waals surface area contributed by atoms with Crippen LogP contribution in [0.1, 0.15) is 145 Å². The molecule has 0 amide bonds. The molecule has 4 heteroatoms. The molecular formula is C34H60IO2P. The van der Waals surface area contributed by atoms with Crippen LogP contribution in [0.3, 0.4) is 0 Å². The Kier molecular flexibility index (Phi) is 23.5. The maximum Gasteiger partial charge on any atom is 0.157 e. The van der Waals surface area contributed by atoms with E-state index < -0.39 is 0 Å². The Bertz CT molecular complexity index is 718. The molecule has 1 atom stereocenters. The van der Waals surface area contributed by atoms with E-state index in [0.717, 1.165) is 25.9 Å². The third kappa shape index (κ3) is 17.0. The van der Waals surface area contributed by atoms with E-state index in [1.807, 2.05) is 0 Å². The molecule has 0 spiro atoms. The molecule has 1 unspecified atom stereocenters. The number of hydrogen-bond donors (Lipinski definition) is 0. The van der Waals surface area contributed by atoms with E-state index in [0.29, 0.717) is 0 Å². The highest BCUT2D eigenvalue weighted by molar-refractivity contribution is 14.2. The summed E-state index contributed by atoms with van der Waals surface area (Å²) < 4.78 is 12.3. The topological polar surface area (TPSA) is 18.5 Å². The molecule has 1 rings (SSSR count). The molecule has 1 aromatic carbocycles. The van der Waals surface area contributed by atoms with Gasteiger partial charge in [0.2, 0.25) is 0 Å². The number of hydrogen-bond acceptors (Lipinski definition) is 2. The predicted molar refractivity (Wildman–Crippen MR) is 181 cm³/mol. The highest BCUT2D eigenvalue weighted by Gasteiger charge is 2.10. The third-order valence-corrected chi connectivity index (χ3v) is 10.3. The number of halogens is 1. The van der Waals surface area contributed by atoms with Gasteiger partial charge in [0, 0.05) is 13.2 Å². The lowest BCUT2D eigenvalue weighted by molar-refractivity contribution is -0.148. The van der Waals surface area contributed by atoms with Crippen LogP contribution in [-0.2, 0) is 15.9 Å². The Morgan fingerprint density at radius 2 is 1.24 bits per heavy atom. The maximum atomic E-state index is 6.16. The second kappa shape index (κ2) is 24.8. The van der Waals surface area contributed by atoms with Crippen LogP contribution in [0.15, 0.2) is 18.2 Å². The average molecular weight is 659 g/mol. The van der Waals surface area contributed by atoms with Gasteiger partial charge in [-0.1, -0.05) is 112 Å². The Hall–Kier alpha value is 0.0400. The van der Waals surface area contributed by atoms with Crippen molar-refractivity contribution in [3.05, 3.63) is 40.5 Å². The predicted octanol–water partition coefficient (Wildman–Crippen LogP) is 11.4. The minimum Gasteiger partial charge on any atom is -0.353 e. The van der Waals surface area contributed by atoms with E-state index in [1.54, 1.807) is 5.56 Å². The van der Waals surface area contributed by atoms with Crippen molar-refractivity contribution in [2.24, 2.45) is 0 Å². The molecule has 0 radical (unpaired) electrons. The standard InChI is InChI=1S/C34H60IO2P/c1-6-8-10-18-22-26-36-34(37-27-23-19-11-9-7-2)25-21-17-15-13-12-14-16-20-24-32-28-33(38-35)31(5)29(3)30(32)4/h12,14,28,34,38H,6-11,13,15-27H2,1-5H3/b14-12-. The van der Waals surface area contributed by atoms with Gasteiger partial charge in [0.1, 0.15) is 0 Å². The van der Waals surface area contributed by atoms with Gasteiger partial charge in [-0.2, -0.15) is 0 Å². The number of rotatable bonds is 25. The monoisotopic (exact) mass is 658 g/mol. The SMILES string of the molecule is CCCCCCCOC(CCCCC/C=C\CCCc1cc(PI)c(C)c(C)c1C)OCCCCCCC. The molecular weight excluding hydrogens is 598 g/mol. The van der Waals surface area contributed by atoms with E-state index in [-0.39, 0.29) is 6.29 Å². The average Bonchev–Trinajstić information content (AvgIpc) is 2.92. The maximum absolute atomic E-state index is 6.16. The fourth-order valence-electron chi connectivity index (χ4n) is 4.92. The lowest BCUT2D eigenvalue weighted by Crippen LogP contribution is -2.19. The molecule has 0 N–H and O–H groups in total. The van der Waals surface area contributed by atoms with Crippen molar-refractivity contribution in [1.29, 1.82) is 0 Å². The highest BCUT2D eigenvalue weighted by atomic mass is 127. The molecule has 220 valence electrons. The summed E-state index contributed by atoms with van der Waals surface area (Å²) >= 11 is 2.52. The zero-order valence-corrected chi connectivity index (χ0v) is 28.8. The van der Waals surface area contributed by atoms with Crippen LogP contribution in [0, 0.1) is 20.8 Å². The largest absolute Gasteiger partial charge is 0.353 e. The first-order chi connectivity index (χ1) is 18.5. The van der Waals surface area contributed by atoms with Gasteiger partial charge in [-0.05, 0) is 112 Å². The van der Waals surface area contributed by atoms with E-state index in [9.17, 15) is 0 Å². The summed E-state index contributed by atoms with van der Waals surface area (Å²) in [5.41, 5.74) is 6.05. The molecule has 0 aromatic heterocycles.